The van der Waals surface area contributed by atoms with Gasteiger partial charge in [-0.25, -0.2) is 35.4 Å². The molecule has 1 fully saturated rings. The van der Waals surface area contributed by atoms with Crippen molar-refractivity contribution in [1.29, 1.82) is 0 Å². The van der Waals surface area contributed by atoms with Gasteiger partial charge in [0, 0.05) is 30.9 Å². The summed E-state index contributed by atoms with van der Waals surface area (Å²) in [4.78, 5) is 18.7. The minimum absolute atomic E-state index is 0.0237. The van der Waals surface area contributed by atoms with Crippen molar-refractivity contribution in [2.24, 2.45) is 5.90 Å². The summed E-state index contributed by atoms with van der Waals surface area (Å²) < 4.78 is 88.9. The average Bonchev–Trinajstić information content (AvgIpc) is 2.91. The first-order chi connectivity index (χ1) is 18.4. The lowest BCUT2D eigenvalue weighted by molar-refractivity contribution is -0.150. The van der Waals surface area contributed by atoms with Crippen LogP contribution in [0.4, 0.5) is 8.78 Å². The van der Waals surface area contributed by atoms with Gasteiger partial charge in [0.2, 0.25) is 25.9 Å². The molecule has 2 aromatic carbocycles. The largest absolute Gasteiger partial charge is 0.492 e. The molecule has 0 saturated carbocycles. The van der Waals surface area contributed by atoms with E-state index in [4.69, 9.17) is 22.2 Å². The van der Waals surface area contributed by atoms with Crippen LogP contribution in [-0.2, 0) is 29.7 Å². The van der Waals surface area contributed by atoms with Gasteiger partial charge in [-0.2, -0.15) is 14.5 Å². The quantitative estimate of drug-likeness (QED) is 0.380. The third-order valence-electron chi connectivity index (χ3n) is 5.66. The molecule has 0 radical (unpaired) electrons. The van der Waals surface area contributed by atoms with Crippen LogP contribution < -0.4 is 10.6 Å². The van der Waals surface area contributed by atoms with E-state index >= 15 is 0 Å². The van der Waals surface area contributed by atoms with Crippen LogP contribution in [0.5, 0.6) is 17.4 Å². The van der Waals surface area contributed by atoms with Gasteiger partial charge in [0.15, 0.2) is 17.4 Å². The Hall–Kier alpha value is -3.41. The molecule has 208 valence electrons. The second-order valence-electron chi connectivity index (χ2n) is 8.03. The zero-order chi connectivity index (χ0) is 28.5. The minimum Gasteiger partial charge on any atom is -0.492 e. The van der Waals surface area contributed by atoms with Gasteiger partial charge in [-0.3, -0.25) is 0 Å². The molecule has 0 amide bonds. The maximum atomic E-state index is 14.8. The number of carbonyl (C=O) groups excluding carboxylic acids is 1. The van der Waals surface area contributed by atoms with E-state index in [0.29, 0.717) is 21.5 Å². The van der Waals surface area contributed by atoms with Gasteiger partial charge in [0.05, 0.1) is 4.90 Å². The number of aromatic hydroxyl groups is 1. The zero-order valence-corrected chi connectivity index (χ0v) is 22.0. The number of benzene rings is 2. The van der Waals surface area contributed by atoms with Crippen LogP contribution in [0.3, 0.4) is 0 Å². The van der Waals surface area contributed by atoms with E-state index in [0.717, 1.165) is 16.6 Å². The first-order valence-corrected chi connectivity index (χ1v) is 14.1. The predicted octanol–water partition coefficient (Wildman–Crippen LogP) is 1.99. The summed E-state index contributed by atoms with van der Waals surface area (Å²) in [6.45, 7) is -1.91. The summed E-state index contributed by atoms with van der Waals surface area (Å²) in [6, 6.07) is 6.98. The normalized spacial score (nSPS) is 17.1. The molecule has 2 heterocycles. The lowest BCUT2D eigenvalue weighted by Gasteiger charge is -2.38. The summed E-state index contributed by atoms with van der Waals surface area (Å²) in [6.07, 6.45) is 1.15. The van der Waals surface area contributed by atoms with Gasteiger partial charge < -0.3 is 14.7 Å². The summed E-state index contributed by atoms with van der Waals surface area (Å²) >= 11 is 5.77. The highest BCUT2D eigenvalue weighted by molar-refractivity contribution is 7.89. The molecule has 1 aromatic heterocycles. The number of sulfonamides is 2. The molecule has 4 rings (SSSR count). The Morgan fingerprint density at radius 3 is 2.28 bits per heavy atom. The van der Waals surface area contributed by atoms with Crippen LogP contribution in [0.2, 0.25) is 5.02 Å². The van der Waals surface area contributed by atoms with E-state index in [1.165, 1.54) is 30.3 Å². The van der Waals surface area contributed by atoms with Gasteiger partial charge >= 0.3 is 5.97 Å². The molecule has 3 N–H and O–H groups in total. The second-order valence-corrected chi connectivity index (χ2v) is 12.3. The Bertz CT molecular complexity index is 1600. The molecule has 0 spiro atoms. The fourth-order valence-corrected chi connectivity index (χ4v) is 6.96. The van der Waals surface area contributed by atoms with Crippen LogP contribution >= 0.6 is 11.6 Å². The molecule has 0 aliphatic carbocycles. The second kappa shape index (κ2) is 11.0. The van der Waals surface area contributed by atoms with Gasteiger partial charge in [-0.1, -0.05) is 11.6 Å². The van der Waals surface area contributed by atoms with Crippen LogP contribution in [0, 0.1) is 11.6 Å². The molecule has 17 heteroatoms. The number of rotatable bonds is 7. The average molecular weight is 605 g/mol. The van der Waals surface area contributed by atoms with Crippen molar-refractivity contribution in [2.75, 3.05) is 19.6 Å². The van der Waals surface area contributed by atoms with Gasteiger partial charge in [0.25, 0.3) is 0 Å². The Balaban J connectivity index is 1.65. The van der Waals surface area contributed by atoms with Crippen molar-refractivity contribution in [3.8, 4) is 17.4 Å². The van der Waals surface area contributed by atoms with Gasteiger partial charge in [-0.15, -0.1) is 0 Å². The third-order valence-corrected chi connectivity index (χ3v) is 9.69. The number of nitrogens with two attached hydrogens (primary N) is 1. The van der Waals surface area contributed by atoms with E-state index in [1.54, 1.807) is 0 Å². The molecule has 0 bridgehead atoms. The predicted molar refractivity (Wildman–Crippen MR) is 131 cm³/mol. The Morgan fingerprint density at radius 1 is 1.05 bits per heavy atom. The van der Waals surface area contributed by atoms with Gasteiger partial charge in [0.1, 0.15) is 16.7 Å². The van der Waals surface area contributed by atoms with Crippen LogP contribution in [0.15, 0.2) is 64.5 Å². The first kappa shape index (κ1) is 28.6. The number of carbonyl (C=O) groups is 1. The number of pyridine rings is 1. The fourth-order valence-electron chi connectivity index (χ4n) is 3.78. The number of aromatic nitrogens is 1. The van der Waals surface area contributed by atoms with Crippen LogP contribution in [-0.4, -0.2) is 67.2 Å². The molecule has 1 aliphatic heterocycles. The molecule has 1 saturated heterocycles. The fraction of sp³-hybridized carbons (Fsp3) is 0.182. The van der Waals surface area contributed by atoms with E-state index in [9.17, 15) is 35.5 Å². The maximum absolute atomic E-state index is 14.8. The Morgan fingerprint density at radius 2 is 1.69 bits per heavy atom. The van der Waals surface area contributed by atoms with Gasteiger partial charge in [-0.05, 0) is 48.5 Å². The van der Waals surface area contributed by atoms with Crippen LogP contribution in [0.1, 0.15) is 0 Å². The van der Waals surface area contributed by atoms with Crippen molar-refractivity contribution >= 4 is 37.6 Å². The summed E-state index contributed by atoms with van der Waals surface area (Å²) in [7, 11) is -9.25. The molecular weight excluding hydrogens is 586 g/mol. The number of piperazine rings is 1. The van der Waals surface area contributed by atoms with Crippen molar-refractivity contribution in [2.45, 2.75) is 15.8 Å². The van der Waals surface area contributed by atoms with Crippen molar-refractivity contribution in [1.82, 2.24) is 13.6 Å². The van der Waals surface area contributed by atoms with E-state index in [2.05, 4.69) is 9.82 Å². The molecule has 0 unspecified atom stereocenters. The van der Waals surface area contributed by atoms with E-state index in [-0.39, 0.29) is 5.75 Å². The Labute approximate surface area is 226 Å². The molecule has 1 aliphatic rings. The summed E-state index contributed by atoms with van der Waals surface area (Å²) in [5.74, 6) is -0.786. The molecule has 1 atom stereocenters. The monoisotopic (exact) mass is 604 g/mol. The van der Waals surface area contributed by atoms with Crippen LogP contribution in [0.25, 0.3) is 0 Å². The Kier molecular flexibility index (Phi) is 8.06. The number of nitrogens with zero attached hydrogens (tertiary/aromatic N) is 3. The zero-order valence-electron chi connectivity index (χ0n) is 19.6. The lowest BCUT2D eigenvalue weighted by atomic mass is 10.2. The number of hydrogen-bond donors (Lipinski definition) is 2. The standard InChI is InChI=1S/C22H19ClF2N4O8S2/c23-13-3-5-14(6-4-13)36-20-16(24)10-15(11-17(20)25)38(32,33)29-9-8-28(12-18(29)22(31)37-26)39(34,35)19-2-1-7-27-21(19)30/h1-7,10-11,18H,8-9,12,26H2,(H,27,30)/t18-/m1/s1. The summed E-state index contributed by atoms with van der Waals surface area (Å²) in [5, 5.41) is 10.2. The van der Waals surface area contributed by atoms with E-state index in [1.807, 2.05) is 0 Å². The first-order valence-electron chi connectivity index (χ1n) is 10.8. The topological polar surface area (TPSA) is 169 Å². The minimum atomic E-state index is -4.81. The molecule has 12 nitrogen and oxygen atoms in total. The molecular formula is C22H19ClF2N4O8S2. The number of halogens is 3. The highest BCUT2D eigenvalue weighted by atomic mass is 35.5. The number of hydrogen-bond acceptors (Lipinski definition) is 10. The van der Waals surface area contributed by atoms with Crippen molar-refractivity contribution in [3.63, 3.8) is 0 Å². The van der Waals surface area contributed by atoms with Crippen molar-refractivity contribution in [3.05, 3.63) is 71.4 Å². The lowest BCUT2D eigenvalue weighted by Crippen LogP contribution is -2.59. The SMILES string of the molecule is NOC(=O)[C@H]1CN(S(=O)(=O)c2cccnc2O)CCN1S(=O)(=O)c1cc(F)c(Oc2ccc(Cl)cc2)c(F)c1. The summed E-state index contributed by atoms with van der Waals surface area (Å²) in [5.41, 5.74) is 0. The van der Waals surface area contributed by atoms with E-state index < -0.39 is 84.7 Å². The highest BCUT2D eigenvalue weighted by Crippen LogP contribution is 2.33. The van der Waals surface area contributed by atoms with Crippen molar-refractivity contribution < 1.29 is 45.1 Å². The number of ether oxygens (including phenoxy) is 1. The molecule has 39 heavy (non-hydrogen) atoms. The third kappa shape index (κ3) is 5.66. The molecule has 3 aromatic rings. The smallest absolute Gasteiger partial charge is 0.344 e. The highest BCUT2D eigenvalue weighted by Gasteiger charge is 2.45. The maximum Gasteiger partial charge on any atom is 0.344 e.